The Balaban J connectivity index is 1.59. The number of aromatic nitrogens is 5. The first-order chi connectivity index (χ1) is 11.2. The van der Waals surface area contributed by atoms with E-state index in [1.807, 2.05) is 10.9 Å². The lowest BCUT2D eigenvalue weighted by Gasteiger charge is -2.10. The van der Waals surface area contributed by atoms with Crippen LogP contribution in [0.15, 0.2) is 35.6 Å². The van der Waals surface area contributed by atoms with Gasteiger partial charge in [-0.3, -0.25) is 19.4 Å². The molecular formula is C15H16N6O2. The average Bonchev–Trinajstić information content (AvgIpc) is 3.16. The quantitative estimate of drug-likeness (QED) is 0.781. The van der Waals surface area contributed by atoms with E-state index in [1.165, 1.54) is 6.20 Å². The van der Waals surface area contributed by atoms with Crippen LogP contribution < -0.4 is 10.3 Å². The molecule has 4 rings (SSSR count). The Morgan fingerprint density at radius 2 is 2.30 bits per heavy atom. The summed E-state index contributed by atoms with van der Waals surface area (Å²) in [6.07, 6.45) is 7.62. The van der Waals surface area contributed by atoms with Gasteiger partial charge in [-0.1, -0.05) is 0 Å². The van der Waals surface area contributed by atoms with Gasteiger partial charge in [-0.25, -0.2) is 0 Å². The molecule has 0 radical (unpaired) electrons. The summed E-state index contributed by atoms with van der Waals surface area (Å²) < 4.78 is 7.55. The molecule has 8 heteroatoms. The Morgan fingerprint density at radius 1 is 1.39 bits per heavy atom. The lowest BCUT2D eigenvalue weighted by Crippen LogP contribution is -2.16. The Bertz CT molecular complexity index is 902. The van der Waals surface area contributed by atoms with Crippen molar-refractivity contribution in [2.24, 2.45) is 0 Å². The van der Waals surface area contributed by atoms with Crippen LogP contribution in [0.4, 0.5) is 0 Å². The first-order valence-electron chi connectivity index (χ1n) is 7.43. The van der Waals surface area contributed by atoms with Crippen LogP contribution in [0.25, 0.3) is 10.9 Å². The van der Waals surface area contributed by atoms with E-state index >= 15 is 0 Å². The number of aromatic amines is 1. The van der Waals surface area contributed by atoms with Gasteiger partial charge in [-0.15, -0.1) is 0 Å². The molecule has 118 valence electrons. The highest BCUT2D eigenvalue weighted by atomic mass is 16.5. The second-order valence-corrected chi connectivity index (χ2v) is 5.73. The van der Waals surface area contributed by atoms with Crippen LogP contribution in [-0.4, -0.2) is 49.8 Å². The maximum Gasteiger partial charge on any atom is 0.302 e. The summed E-state index contributed by atoms with van der Waals surface area (Å²) in [5.74, 6) is 0.547. The molecule has 3 aromatic rings. The second kappa shape index (κ2) is 5.47. The minimum absolute atomic E-state index is 0.138. The van der Waals surface area contributed by atoms with E-state index in [0.29, 0.717) is 22.7 Å². The fourth-order valence-electron chi connectivity index (χ4n) is 2.83. The topological polar surface area (TPSA) is 88.9 Å². The molecule has 23 heavy (non-hydrogen) atoms. The van der Waals surface area contributed by atoms with Gasteiger partial charge in [0.15, 0.2) is 5.75 Å². The smallest absolute Gasteiger partial charge is 0.302 e. The third-order valence-corrected chi connectivity index (χ3v) is 4.02. The molecule has 3 aromatic heterocycles. The van der Waals surface area contributed by atoms with E-state index in [1.54, 1.807) is 18.5 Å². The maximum atomic E-state index is 12.0. The molecule has 1 aliphatic rings. The van der Waals surface area contributed by atoms with Gasteiger partial charge >= 0.3 is 6.01 Å². The zero-order valence-electron chi connectivity index (χ0n) is 12.6. The Hall–Kier alpha value is -2.74. The molecular weight excluding hydrogens is 296 g/mol. The van der Waals surface area contributed by atoms with Crippen LogP contribution in [0.1, 0.15) is 12.5 Å². The van der Waals surface area contributed by atoms with E-state index in [4.69, 9.17) is 4.74 Å². The summed E-state index contributed by atoms with van der Waals surface area (Å²) in [6, 6.07) is 2.11. The minimum Gasteiger partial charge on any atom is -0.422 e. The van der Waals surface area contributed by atoms with Crippen molar-refractivity contribution in [3.05, 3.63) is 41.2 Å². The third-order valence-electron chi connectivity index (χ3n) is 4.02. The molecule has 0 saturated carbocycles. The highest BCUT2D eigenvalue weighted by Gasteiger charge is 2.22. The van der Waals surface area contributed by atoms with Crippen molar-refractivity contribution in [1.29, 1.82) is 0 Å². The Labute approximate surface area is 131 Å². The summed E-state index contributed by atoms with van der Waals surface area (Å²) in [6.45, 7) is 2.03. The lowest BCUT2D eigenvalue weighted by atomic mass is 10.3. The first-order valence-corrected chi connectivity index (χ1v) is 7.43. The number of rotatable bonds is 3. The van der Waals surface area contributed by atoms with Crippen LogP contribution in [-0.2, 0) is 0 Å². The molecule has 0 bridgehead atoms. The summed E-state index contributed by atoms with van der Waals surface area (Å²) in [5, 5.41) is 4.83. The summed E-state index contributed by atoms with van der Waals surface area (Å²) >= 11 is 0. The number of nitrogens with zero attached hydrogens (tertiary/aromatic N) is 5. The van der Waals surface area contributed by atoms with Gasteiger partial charge in [0.05, 0.1) is 35.5 Å². The van der Waals surface area contributed by atoms with Crippen molar-refractivity contribution in [3.8, 4) is 11.8 Å². The number of fused-ring (bicyclic) bond motifs is 1. The van der Waals surface area contributed by atoms with Crippen molar-refractivity contribution < 1.29 is 4.74 Å². The molecule has 0 spiro atoms. The van der Waals surface area contributed by atoms with Gasteiger partial charge < -0.3 is 9.64 Å². The van der Waals surface area contributed by atoms with Crippen molar-refractivity contribution in [1.82, 2.24) is 29.6 Å². The van der Waals surface area contributed by atoms with Crippen LogP contribution >= 0.6 is 0 Å². The molecule has 1 saturated heterocycles. The average molecular weight is 312 g/mol. The minimum atomic E-state index is -0.253. The fraction of sp³-hybridized carbons (Fsp3) is 0.333. The van der Waals surface area contributed by atoms with Crippen molar-refractivity contribution in [3.63, 3.8) is 0 Å². The van der Waals surface area contributed by atoms with Gasteiger partial charge in [-0.2, -0.15) is 10.1 Å². The maximum absolute atomic E-state index is 12.0. The van der Waals surface area contributed by atoms with Crippen LogP contribution in [0.5, 0.6) is 11.8 Å². The zero-order chi connectivity index (χ0) is 15.8. The molecule has 1 N–H and O–H groups in total. The van der Waals surface area contributed by atoms with Crippen molar-refractivity contribution in [2.75, 3.05) is 20.1 Å². The number of hydrogen-bond acceptors (Lipinski definition) is 6. The molecule has 1 unspecified atom stereocenters. The first kappa shape index (κ1) is 13.9. The predicted octanol–water partition coefficient (Wildman–Crippen LogP) is 1.18. The largest absolute Gasteiger partial charge is 0.422 e. The standard InChI is InChI=1S/C15H16N6O2/c1-20-5-3-10(8-20)21-9-11(6-17-21)23-15-18-13-7-16-4-2-12(13)14(22)19-15/h2,4,6-7,9-10H,3,5,8H2,1H3,(H,18,19,22). The number of nitrogens with one attached hydrogen (secondary N) is 1. The normalized spacial score (nSPS) is 18.6. The van der Waals surface area contributed by atoms with E-state index in [0.717, 1.165) is 19.5 Å². The van der Waals surface area contributed by atoms with Crippen molar-refractivity contribution >= 4 is 10.9 Å². The monoisotopic (exact) mass is 312 g/mol. The summed E-state index contributed by atoms with van der Waals surface area (Å²) in [7, 11) is 2.10. The number of likely N-dealkylation sites (tertiary alicyclic amines) is 1. The lowest BCUT2D eigenvalue weighted by molar-refractivity contribution is 0.381. The van der Waals surface area contributed by atoms with Crippen LogP contribution in [0, 0.1) is 0 Å². The number of ether oxygens (including phenoxy) is 1. The molecule has 1 aliphatic heterocycles. The van der Waals surface area contributed by atoms with Crippen molar-refractivity contribution in [2.45, 2.75) is 12.5 Å². The van der Waals surface area contributed by atoms with Gasteiger partial charge in [0.1, 0.15) is 0 Å². The Kier molecular flexibility index (Phi) is 3.30. The SMILES string of the molecule is CN1CCC(n2cc(Oc3nc4cnccc4c(=O)[nH]3)cn2)C1. The third kappa shape index (κ3) is 2.68. The summed E-state index contributed by atoms with van der Waals surface area (Å²) in [4.78, 5) is 25.1. The van der Waals surface area contributed by atoms with E-state index in [2.05, 4.69) is 32.0 Å². The zero-order valence-corrected chi connectivity index (χ0v) is 12.6. The molecule has 0 aliphatic carbocycles. The van der Waals surface area contributed by atoms with E-state index in [9.17, 15) is 4.79 Å². The molecule has 0 amide bonds. The highest BCUT2D eigenvalue weighted by molar-refractivity contribution is 5.76. The molecule has 1 atom stereocenters. The number of likely N-dealkylation sites (N-methyl/N-ethyl adjacent to an activating group) is 1. The van der Waals surface area contributed by atoms with Gasteiger partial charge in [0.2, 0.25) is 0 Å². The van der Waals surface area contributed by atoms with E-state index < -0.39 is 0 Å². The number of hydrogen-bond donors (Lipinski definition) is 1. The highest BCUT2D eigenvalue weighted by Crippen LogP contribution is 2.23. The van der Waals surface area contributed by atoms with Crippen LogP contribution in [0.2, 0.25) is 0 Å². The molecule has 8 nitrogen and oxygen atoms in total. The van der Waals surface area contributed by atoms with Gasteiger partial charge in [-0.05, 0) is 26.1 Å². The summed E-state index contributed by atoms with van der Waals surface area (Å²) in [5.41, 5.74) is 0.244. The number of H-pyrrole nitrogens is 1. The van der Waals surface area contributed by atoms with Gasteiger partial charge in [0, 0.05) is 12.7 Å². The Morgan fingerprint density at radius 3 is 3.13 bits per heavy atom. The molecule has 0 aromatic carbocycles. The second-order valence-electron chi connectivity index (χ2n) is 5.73. The fourth-order valence-corrected chi connectivity index (χ4v) is 2.83. The predicted molar refractivity (Wildman–Crippen MR) is 83.6 cm³/mol. The van der Waals surface area contributed by atoms with Crippen LogP contribution in [0.3, 0.4) is 0 Å². The number of pyridine rings is 1. The molecule has 1 fully saturated rings. The molecule has 4 heterocycles. The van der Waals surface area contributed by atoms with Gasteiger partial charge in [0.25, 0.3) is 5.56 Å². The van der Waals surface area contributed by atoms with E-state index in [-0.39, 0.29) is 11.6 Å².